The molecule has 1 rings (SSSR count). The lowest BCUT2D eigenvalue weighted by molar-refractivity contribution is 0.551. The van der Waals surface area contributed by atoms with Gasteiger partial charge in [-0.3, -0.25) is 0 Å². The fourth-order valence-corrected chi connectivity index (χ4v) is 2.35. The molecule has 0 radical (unpaired) electrons. The smallest absolute Gasteiger partial charge is 0.242 e. The number of sulfonamides is 1. The molecule has 96 valence electrons. The lowest BCUT2D eigenvalue weighted by atomic mass is 10.1. The van der Waals surface area contributed by atoms with Crippen LogP contribution in [0.25, 0.3) is 0 Å². The zero-order valence-electron chi connectivity index (χ0n) is 10.4. The van der Waals surface area contributed by atoms with E-state index in [2.05, 4.69) is 9.71 Å². The van der Waals surface area contributed by atoms with Gasteiger partial charge in [-0.1, -0.05) is 13.8 Å². The molecule has 3 N–H and O–H groups in total. The van der Waals surface area contributed by atoms with Crippen LogP contribution in [0.15, 0.2) is 17.2 Å². The number of nitrogens with one attached hydrogen (secondary N) is 1. The summed E-state index contributed by atoms with van der Waals surface area (Å²) in [4.78, 5) is 4.01. The van der Waals surface area contributed by atoms with E-state index >= 15 is 0 Å². The number of hydrogen-bond donors (Lipinski definition) is 2. The van der Waals surface area contributed by atoms with Crippen LogP contribution in [0.5, 0.6) is 0 Å². The van der Waals surface area contributed by atoms with Gasteiger partial charge in [-0.15, -0.1) is 0 Å². The number of hydrogen-bond acceptors (Lipinski definition) is 4. The van der Waals surface area contributed by atoms with E-state index in [1.807, 2.05) is 13.8 Å². The van der Waals surface area contributed by atoms with Crippen molar-refractivity contribution in [3.63, 3.8) is 0 Å². The lowest BCUT2D eigenvalue weighted by Gasteiger charge is -2.09. The second kappa shape index (κ2) is 5.46. The Morgan fingerprint density at radius 1 is 1.47 bits per heavy atom. The van der Waals surface area contributed by atoms with E-state index in [4.69, 9.17) is 5.73 Å². The molecule has 0 unspecified atom stereocenters. The maximum atomic E-state index is 11.9. The first kappa shape index (κ1) is 13.9. The molecule has 0 saturated heterocycles. The molecule has 0 aliphatic rings. The predicted octanol–water partition coefficient (Wildman–Crippen LogP) is 1.30. The summed E-state index contributed by atoms with van der Waals surface area (Å²) in [7, 11) is -3.46. The molecule has 0 fully saturated rings. The number of nitrogens with two attached hydrogens (primary N) is 1. The average molecular weight is 257 g/mol. The van der Waals surface area contributed by atoms with Gasteiger partial charge in [0.15, 0.2) is 0 Å². The van der Waals surface area contributed by atoms with Crippen molar-refractivity contribution < 1.29 is 8.42 Å². The van der Waals surface area contributed by atoms with Gasteiger partial charge in [-0.05, 0) is 30.9 Å². The molecular formula is C11H19N3O2S. The highest BCUT2D eigenvalue weighted by atomic mass is 32.2. The molecule has 1 heterocycles. The normalized spacial score (nSPS) is 12.0. The predicted molar refractivity (Wildman–Crippen MR) is 68.0 cm³/mol. The Kier molecular flexibility index (Phi) is 4.47. The molecule has 0 amide bonds. The second-order valence-electron chi connectivity index (χ2n) is 4.45. The average Bonchev–Trinajstić information content (AvgIpc) is 2.21. The second-order valence-corrected chi connectivity index (χ2v) is 6.22. The molecular weight excluding hydrogens is 238 g/mol. The lowest BCUT2D eigenvalue weighted by Crippen LogP contribution is -2.26. The molecule has 1 aromatic heterocycles. The Bertz CT molecular complexity index is 483. The molecule has 0 spiro atoms. The Morgan fingerprint density at radius 2 is 2.12 bits per heavy atom. The SMILES string of the molecule is Cc1cc(S(=O)(=O)NCCC(C)C)cnc1N. The summed E-state index contributed by atoms with van der Waals surface area (Å²) in [5.74, 6) is 0.815. The van der Waals surface area contributed by atoms with Crippen LogP contribution in [0.1, 0.15) is 25.8 Å². The van der Waals surface area contributed by atoms with Gasteiger partial charge in [0.2, 0.25) is 10.0 Å². The van der Waals surface area contributed by atoms with Gasteiger partial charge in [0.1, 0.15) is 10.7 Å². The van der Waals surface area contributed by atoms with E-state index in [-0.39, 0.29) is 4.90 Å². The van der Waals surface area contributed by atoms with E-state index in [0.717, 1.165) is 6.42 Å². The molecule has 1 aromatic rings. The highest BCUT2D eigenvalue weighted by Gasteiger charge is 2.14. The highest BCUT2D eigenvalue weighted by Crippen LogP contribution is 2.13. The van der Waals surface area contributed by atoms with E-state index in [1.54, 1.807) is 6.92 Å². The van der Waals surface area contributed by atoms with Crippen molar-refractivity contribution in [3.8, 4) is 0 Å². The van der Waals surface area contributed by atoms with Crippen molar-refractivity contribution in [1.82, 2.24) is 9.71 Å². The fraction of sp³-hybridized carbons (Fsp3) is 0.545. The van der Waals surface area contributed by atoms with Gasteiger partial charge in [-0.25, -0.2) is 18.1 Å². The summed E-state index contributed by atoms with van der Waals surface area (Å²) < 4.78 is 26.3. The molecule has 5 nitrogen and oxygen atoms in total. The summed E-state index contributed by atoms with van der Waals surface area (Å²) in [5.41, 5.74) is 6.21. The summed E-state index contributed by atoms with van der Waals surface area (Å²) >= 11 is 0. The Labute approximate surface area is 102 Å². The van der Waals surface area contributed by atoms with Gasteiger partial charge in [-0.2, -0.15) is 0 Å². The minimum atomic E-state index is -3.46. The van der Waals surface area contributed by atoms with Crippen LogP contribution in [0.3, 0.4) is 0 Å². The Balaban J connectivity index is 2.79. The maximum Gasteiger partial charge on any atom is 0.242 e. The van der Waals surface area contributed by atoms with Crippen molar-refractivity contribution in [2.24, 2.45) is 5.92 Å². The monoisotopic (exact) mass is 257 g/mol. The van der Waals surface area contributed by atoms with E-state index in [0.29, 0.717) is 23.8 Å². The van der Waals surface area contributed by atoms with Gasteiger partial charge < -0.3 is 5.73 Å². The van der Waals surface area contributed by atoms with E-state index in [9.17, 15) is 8.42 Å². The first-order valence-electron chi connectivity index (χ1n) is 5.54. The number of pyridine rings is 1. The molecule has 0 aliphatic carbocycles. The third kappa shape index (κ3) is 3.98. The Hall–Kier alpha value is -1.14. The number of anilines is 1. The van der Waals surface area contributed by atoms with Gasteiger partial charge in [0.05, 0.1) is 0 Å². The molecule has 0 saturated carbocycles. The molecule has 0 bridgehead atoms. The quantitative estimate of drug-likeness (QED) is 0.832. The third-order valence-corrected chi connectivity index (χ3v) is 3.85. The van der Waals surface area contributed by atoms with Crippen molar-refractivity contribution in [2.45, 2.75) is 32.1 Å². The fourth-order valence-electron chi connectivity index (χ4n) is 1.27. The van der Waals surface area contributed by atoms with Crippen molar-refractivity contribution in [2.75, 3.05) is 12.3 Å². The molecule has 0 atom stereocenters. The van der Waals surface area contributed by atoms with Crippen LogP contribution in [-0.2, 0) is 10.0 Å². The van der Waals surface area contributed by atoms with Crippen LogP contribution in [0, 0.1) is 12.8 Å². The number of aryl methyl sites for hydroxylation is 1. The van der Waals surface area contributed by atoms with Crippen LogP contribution in [0.2, 0.25) is 0 Å². The maximum absolute atomic E-state index is 11.9. The summed E-state index contributed by atoms with van der Waals surface area (Å²) in [5, 5.41) is 0. The summed E-state index contributed by atoms with van der Waals surface area (Å²) in [6.45, 7) is 6.26. The standard InChI is InChI=1S/C11H19N3O2S/c1-8(2)4-5-14-17(15,16)10-6-9(3)11(12)13-7-10/h6-8,14H,4-5H2,1-3H3,(H2,12,13). The largest absolute Gasteiger partial charge is 0.383 e. The number of nitrogen functional groups attached to an aromatic ring is 1. The van der Waals surface area contributed by atoms with Crippen LogP contribution < -0.4 is 10.5 Å². The van der Waals surface area contributed by atoms with Crippen molar-refractivity contribution >= 4 is 15.8 Å². The minimum absolute atomic E-state index is 0.160. The molecule has 17 heavy (non-hydrogen) atoms. The van der Waals surface area contributed by atoms with Gasteiger partial charge in [0, 0.05) is 12.7 Å². The molecule has 0 aliphatic heterocycles. The molecule has 0 aromatic carbocycles. The number of aromatic nitrogens is 1. The van der Waals surface area contributed by atoms with Crippen LogP contribution >= 0.6 is 0 Å². The van der Waals surface area contributed by atoms with Crippen molar-refractivity contribution in [1.29, 1.82) is 0 Å². The van der Waals surface area contributed by atoms with Crippen molar-refractivity contribution in [3.05, 3.63) is 17.8 Å². The van der Waals surface area contributed by atoms with E-state index in [1.165, 1.54) is 12.3 Å². The molecule has 6 heteroatoms. The van der Waals surface area contributed by atoms with E-state index < -0.39 is 10.0 Å². The summed E-state index contributed by atoms with van der Waals surface area (Å²) in [6.07, 6.45) is 2.08. The minimum Gasteiger partial charge on any atom is -0.383 e. The topological polar surface area (TPSA) is 85.1 Å². The number of nitrogens with zero attached hydrogens (tertiary/aromatic N) is 1. The first-order chi connectivity index (χ1) is 7.83. The zero-order valence-corrected chi connectivity index (χ0v) is 11.2. The Morgan fingerprint density at radius 3 is 2.65 bits per heavy atom. The first-order valence-corrected chi connectivity index (χ1v) is 7.03. The highest BCUT2D eigenvalue weighted by molar-refractivity contribution is 7.89. The third-order valence-electron chi connectivity index (χ3n) is 2.42. The summed E-state index contributed by atoms with van der Waals surface area (Å²) in [6, 6.07) is 1.53. The van der Waals surface area contributed by atoms with Crippen LogP contribution in [0.4, 0.5) is 5.82 Å². The zero-order chi connectivity index (χ0) is 13.1. The van der Waals surface area contributed by atoms with Gasteiger partial charge >= 0.3 is 0 Å². The van der Waals surface area contributed by atoms with Crippen LogP contribution in [-0.4, -0.2) is 19.9 Å². The van der Waals surface area contributed by atoms with Gasteiger partial charge in [0.25, 0.3) is 0 Å². The number of rotatable bonds is 5.